The van der Waals surface area contributed by atoms with Crippen LogP contribution in [0.2, 0.25) is 0 Å². The molecule has 4 heteroatoms. The predicted molar refractivity (Wildman–Crippen MR) is 62.9 cm³/mol. The van der Waals surface area contributed by atoms with Gasteiger partial charge >= 0.3 is 0 Å². The van der Waals surface area contributed by atoms with Gasteiger partial charge in [-0.1, -0.05) is 6.07 Å². The maximum absolute atomic E-state index is 11.7. The zero-order chi connectivity index (χ0) is 11.1. The monoisotopic (exact) mass is 222 g/mol. The summed E-state index contributed by atoms with van der Waals surface area (Å²) in [6.45, 7) is 4.34. The van der Waals surface area contributed by atoms with Crippen molar-refractivity contribution in [2.24, 2.45) is 5.73 Å². The van der Waals surface area contributed by atoms with Crippen LogP contribution in [0, 0.1) is 0 Å². The Morgan fingerprint density at radius 3 is 2.87 bits per heavy atom. The third-order valence-corrected chi connectivity index (χ3v) is 3.71. The highest BCUT2D eigenvalue weighted by Crippen LogP contribution is 2.42. The third kappa shape index (κ3) is 1.87. The zero-order valence-corrected chi connectivity index (χ0v) is 9.65. The first-order valence-corrected chi connectivity index (χ1v) is 5.68. The van der Waals surface area contributed by atoms with Crippen molar-refractivity contribution in [3.63, 3.8) is 0 Å². The fourth-order valence-corrected chi connectivity index (χ4v) is 2.53. The number of thioether (sulfide) groups is 1. The van der Waals surface area contributed by atoms with Crippen LogP contribution in [0.4, 0.5) is 5.69 Å². The van der Waals surface area contributed by atoms with E-state index in [4.69, 9.17) is 5.73 Å². The molecule has 0 fully saturated rings. The summed E-state index contributed by atoms with van der Waals surface area (Å²) in [6, 6.07) is 5.96. The van der Waals surface area contributed by atoms with Gasteiger partial charge in [-0.2, -0.15) is 0 Å². The lowest BCUT2D eigenvalue weighted by Gasteiger charge is -2.29. The predicted octanol–water partition coefficient (Wildman–Crippen LogP) is 1.97. The fraction of sp³-hybridized carbons (Fsp3) is 0.364. The van der Waals surface area contributed by atoms with Gasteiger partial charge < -0.3 is 11.1 Å². The van der Waals surface area contributed by atoms with E-state index >= 15 is 0 Å². The number of carbonyl (C=O) groups is 1. The second-order valence-electron chi connectivity index (χ2n) is 4.10. The summed E-state index contributed by atoms with van der Waals surface area (Å²) in [7, 11) is 0. The Bertz CT molecular complexity index is 415. The lowest BCUT2D eigenvalue weighted by Crippen LogP contribution is -2.37. The third-order valence-electron chi connectivity index (χ3n) is 2.44. The maximum atomic E-state index is 11.7. The van der Waals surface area contributed by atoms with Crippen LogP contribution in [-0.4, -0.2) is 10.7 Å². The number of fused-ring (bicyclic) bond motifs is 1. The van der Waals surface area contributed by atoms with Gasteiger partial charge in [-0.25, -0.2) is 0 Å². The fourth-order valence-electron chi connectivity index (χ4n) is 1.48. The number of anilines is 1. The van der Waals surface area contributed by atoms with Crippen LogP contribution in [0.1, 0.15) is 19.4 Å². The number of amides is 1. The molecule has 2 rings (SSSR count). The molecule has 1 aromatic carbocycles. The quantitative estimate of drug-likeness (QED) is 0.763. The van der Waals surface area contributed by atoms with Crippen molar-refractivity contribution in [2.45, 2.75) is 30.0 Å². The largest absolute Gasteiger partial charge is 0.326 e. The minimum absolute atomic E-state index is 0.0502. The van der Waals surface area contributed by atoms with E-state index in [2.05, 4.69) is 5.32 Å². The standard InChI is InChI=1S/C11H14N2OS/c1-11(2)10(14)13-8-5-7(6-12)3-4-9(8)15-11/h3-5H,6,12H2,1-2H3,(H,13,14). The molecule has 1 aliphatic rings. The second-order valence-corrected chi connectivity index (χ2v) is 5.77. The second kappa shape index (κ2) is 3.54. The maximum Gasteiger partial charge on any atom is 0.240 e. The summed E-state index contributed by atoms with van der Waals surface area (Å²) in [4.78, 5) is 12.8. The molecule has 15 heavy (non-hydrogen) atoms. The average Bonchev–Trinajstić information content (AvgIpc) is 2.19. The van der Waals surface area contributed by atoms with Gasteiger partial charge in [0, 0.05) is 11.4 Å². The summed E-state index contributed by atoms with van der Waals surface area (Å²) in [5.41, 5.74) is 7.47. The van der Waals surface area contributed by atoms with Crippen LogP contribution < -0.4 is 11.1 Å². The van der Waals surface area contributed by atoms with E-state index in [0.717, 1.165) is 16.1 Å². The van der Waals surface area contributed by atoms with Crippen molar-refractivity contribution in [1.82, 2.24) is 0 Å². The summed E-state index contributed by atoms with van der Waals surface area (Å²) >= 11 is 1.59. The van der Waals surface area contributed by atoms with E-state index in [9.17, 15) is 4.79 Å². The molecule has 0 spiro atoms. The minimum atomic E-state index is -0.392. The van der Waals surface area contributed by atoms with Gasteiger partial charge in [0.2, 0.25) is 5.91 Å². The topological polar surface area (TPSA) is 55.1 Å². The van der Waals surface area contributed by atoms with E-state index in [-0.39, 0.29) is 5.91 Å². The highest BCUT2D eigenvalue weighted by Gasteiger charge is 2.34. The molecule has 1 aliphatic heterocycles. The average molecular weight is 222 g/mol. The SMILES string of the molecule is CC1(C)Sc2ccc(CN)cc2NC1=O. The van der Waals surface area contributed by atoms with Crippen LogP contribution in [0.25, 0.3) is 0 Å². The number of hydrogen-bond donors (Lipinski definition) is 2. The number of carbonyl (C=O) groups excluding carboxylic acids is 1. The molecule has 1 heterocycles. The number of nitrogens with one attached hydrogen (secondary N) is 1. The Labute approximate surface area is 93.4 Å². The molecule has 3 N–H and O–H groups in total. The van der Waals surface area contributed by atoms with Gasteiger partial charge in [-0.15, -0.1) is 11.8 Å². The Morgan fingerprint density at radius 1 is 1.47 bits per heavy atom. The van der Waals surface area contributed by atoms with E-state index in [1.54, 1.807) is 11.8 Å². The Kier molecular flexibility index (Phi) is 2.48. The molecule has 1 amide bonds. The summed E-state index contributed by atoms with van der Waals surface area (Å²) in [5.74, 6) is 0.0502. The summed E-state index contributed by atoms with van der Waals surface area (Å²) in [5, 5.41) is 2.91. The van der Waals surface area contributed by atoms with Gasteiger partial charge in [0.1, 0.15) is 0 Å². The minimum Gasteiger partial charge on any atom is -0.326 e. The van der Waals surface area contributed by atoms with Crippen LogP contribution >= 0.6 is 11.8 Å². The molecule has 0 aromatic heterocycles. The molecule has 0 atom stereocenters. The molecule has 0 bridgehead atoms. The Morgan fingerprint density at radius 2 is 2.20 bits per heavy atom. The molecule has 0 aliphatic carbocycles. The van der Waals surface area contributed by atoms with Crippen molar-refractivity contribution < 1.29 is 4.79 Å². The normalized spacial score (nSPS) is 18.2. The molecule has 3 nitrogen and oxygen atoms in total. The molecular formula is C11H14N2OS. The van der Waals surface area contributed by atoms with Gasteiger partial charge in [0.25, 0.3) is 0 Å². The molecule has 0 radical (unpaired) electrons. The summed E-state index contributed by atoms with van der Waals surface area (Å²) in [6.07, 6.45) is 0. The Hall–Kier alpha value is -1.00. The smallest absolute Gasteiger partial charge is 0.240 e. The van der Waals surface area contributed by atoms with Gasteiger partial charge in [-0.3, -0.25) is 4.79 Å². The van der Waals surface area contributed by atoms with E-state index in [1.165, 1.54) is 0 Å². The van der Waals surface area contributed by atoms with Crippen LogP contribution in [-0.2, 0) is 11.3 Å². The van der Waals surface area contributed by atoms with E-state index < -0.39 is 4.75 Å². The number of nitrogens with two attached hydrogens (primary N) is 1. The molecule has 1 aromatic rings. The highest BCUT2D eigenvalue weighted by atomic mass is 32.2. The molecule has 0 saturated heterocycles. The lowest BCUT2D eigenvalue weighted by molar-refractivity contribution is -0.117. The number of benzene rings is 1. The lowest BCUT2D eigenvalue weighted by atomic mass is 10.1. The van der Waals surface area contributed by atoms with Crippen molar-refractivity contribution in [3.8, 4) is 0 Å². The van der Waals surface area contributed by atoms with E-state index in [1.807, 2.05) is 32.0 Å². The molecule has 0 saturated carbocycles. The first kappa shape index (κ1) is 10.5. The summed E-state index contributed by atoms with van der Waals surface area (Å²) < 4.78 is -0.392. The van der Waals surface area contributed by atoms with Crippen molar-refractivity contribution >= 4 is 23.4 Å². The number of rotatable bonds is 1. The number of hydrogen-bond acceptors (Lipinski definition) is 3. The molecule has 80 valence electrons. The van der Waals surface area contributed by atoms with Gasteiger partial charge in [-0.05, 0) is 31.5 Å². The van der Waals surface area contributed by atoms with Gasteiger partial charge in [0.05, 0.1) is 10.4 Å². The zero-order valence-electron chi connectivity index (χ0n) is 8.83. The first-order chi connectivity index (χ1) is 7.03. The van der Waals surface area contributed by atoms with Crippen LogP contribution in [0.15, 0.2) is 23.1 Å². The van der Waals surface area contributed by atoms with Crippen molar-refractivity contribution in [3.05, 3.63) is 23.8 Å². The van der Waals surface area contributed by atoms with Crippen LogP contribution in [0.5, 0.6) is 0 Å². The van der Waals surface area contributed by atoms with E-state index in [0.29, 0.717) is 6.54 Å². The van der Waals surface area contributed by atoms with Crippen LogP contribution in [0.3, 0.4) is 0 Å². The molecule has 0 unspecified atom stereocenters. The van der Waals surface area contributed by atoms with Gasteiger partial charge in [0.15, 0.2) is 0 Å². The van der Waals surface area contributed by atoms with Crippen molar-refractivity contribution in [1.29, 1.82) is 0 Å². The molecular weight excluding hydrogens is 208 g/mol. The van der Waals surface area contributed by atoms with Crippen molar-refractivity contribution in [2.75, 3.05) is 5.32 Å². The highest BCUT2D eigenvalue weighted by molar-refractivity contribution is 8.01. The first-order valence-electron chi connectivity index (χ1n) is 4.86. The Balaban J connectivity index is 2.41.